The average Bonchev–Trinajstić information content (AvgIpc) is 3.05. The second kappa shape index (κ2) is 7.51. The molecule has 1 aromatic carbocycles. The van der Waals surface area contributed by atoms with Crippen molar-refractivity contribution in [3.63, 3.8) is 0 Å². The number of para-hydroxylation sites is 1. The van der Waals surface area contributed by atoms with Crippen molar-refractivity contribution in [1.82, 2.24) is 4.90 Å². The van der Waals surface area contributed by atoms with Crippen molar-refractivity contribution in [2.75, 3.05) is 13.1 Å². The van der Waals surface area contributed by atoms with Crippen molar-refractivity contribution in [3.05, 3.63) is 47.7 Å². The van der Waals surface area contributed by atoms with E-state index in [1.807, 2.05) is 43.0 Å². The number of amides is 1. The number of carbonyl (C=O) groups is 1. The molecule has 0 bridgehead atoms. The van der Waals surface area contributed by atoms with Gasteiger partial charge in [0, 0.05) is 24.0 Å². The lowest BCUT2D eigenvalue weighted by atomic mass is 9.71. The van der Waals surface area contributed by atoms with Gasteiger partial charge in [-0.2, -0.15) is 0 Å². The predicted molar refractivity (Wildman–Crippen MR) is 107 cm³/mol. The molecular weight excluding hydrogens is 338 g/mol. The van der Waals surface area contributed by atoms with Crippen LogP contribution in [0.1, 0.15) is 62.1 Å². The van der Waals surface area contributed by atoms with Crippen LogP contribution in [0.25, 0.3) is 11.0 Å². The van der Waals surface area contributed by atoms with E-state index in [2.05, 4.69) is 12.2 Å². The molecule has 1 atom stereocenters. The zero-order valence-electron chi connectivity index (χ0n) is 16.4. The largest absolute Gasteiger partial charge is 0.451 e. The van der Waals surface area contributed by atoms with Gasteiger partial charge in [-0.3, -0.25) is 4.79 Å². The molecule has 0 radical (unpaired) electrons. The molecule has 4 nitrogen and oxygen atoms in total. The van der Waals surface area contributed by atoms with E-state index in [1.165, 1.54) is 12.8 Å². The molecule has 1 unspecified atom stereocenters. The molecule has 4 rings (SSSR count). The van der Waals surface area contributed by atoms with Gasteiger partial charge in [0.2, 0.25) is 0 Å². The normalized spacial score (nSPS) is 22.9. The zero-order valence-corrected chi connectivity index (χ0v) is 16.4. The molecule has 0 saturated carbocycles. The number of carbonyl (C=O) groups excluding carboxylic acids is 1. The highest BCUT2D eigenvalue weighted by molar-refractivity contribution is 5.99. The maximum absolute atomic E-state index is 13.4. The Morgan fingerprint density at radius 3 is 2.89 bits per heavy atom. The average molecular weight is 367 g/mol. The van der Waals surface area contributed by atoms with Crippen LogP contribution in [0.3, 0.4) is 0 Å². The first-order chi connectivity index (χ1) is 13.1. The SMILES string of the molecule is CC(C)OCc1c(C(=O)N2CCCC3(CC=CCC3)C2)oc2ccccc12. The van der Waals surface area contributed by atoms with E-state index in [-0.39, 0.29) is 17.4 Å². The van der Waals surface area contributed by atoms with Crippen molar-refractivity contribution >= 4 is 16.9 Å². The molecule has 2 aromatic rings. The summed E-state index contributed by atoms with van der Waals surface area (Å²) in [4.78, 5) is 15.4. The molecule has 1 aliphatic carbocycles. The van der Waals surface area contributed by atoms with E-state index in [0.29, 0.717) is 12.4 Å². The molecule has 1 aromatic heterocycles. The molecular formula is C23H29NO3. The van der Waals surface area contributed by atoms with E-state index in [1.54, 1.807) is 0 Å². The number of ether oxygens (including phenoxy) is 1. The fourth-order valence-electron chi connectivity index (χ4n) is 4.50. The summed E-state index contributed by atoms with van der Waals surface area (Å²) in [6.45, 7) is 6.06. The Kier molecular flexibility index (Phi) is 5.09. The number of allylic oxidation sites excluding steroid dienone is 2. The van der Waals surface area contributed by atoms with Gasteiger partial charge in [0.05, 0.1) is 12.7 Å². The van der Waals surface area contributed by atoms with Gasteiger partial charge in [-0.15, -0.1) is 0 Å². The zero-order chi connectivity index (χ0) is 18.9. The van der Waals surface area contributed by atoms with Crippen molar-refractivity contribution in [2.45, 2.75) is 58.7 Å². The predicted octanol–water partition coefficient (Wildman–Crippen LogP) is 5.32. The summed E-state index contributed by atoms with van der Waals surface area (Å²) in [6.07, 6.45) is 10.3. The van der Waals surface area contributed by atoms with Crippen LogP contribution in [0.15, 0.2) is 40.8 Å². The Labute approximate surface area is 161 Å². The molecule has 0 N–H and O–H groups in total. The van der Waals surface area contributed by atoms with Crippen LogP contribution in [0.2, 0.25) is 0 Å². The maximum atomic E-state index is 13.4. The monoisotopic (exact) mass is 367 g/mol. The van der Waals surface area contributed by atoms with Crippen LogP contribution in [-0.4, -0.2) is 30.0 Å². The number of hydrogen-bond acceptors (Lipinski definition) is 3. The topological polar surface area (TPSA) is 42.7 Å². The van der Waals surface area contributed by atoms with Gasteiger partial charge >= 0.3 is 0 Å². The minimum Gasteiger partial charge on any atom is -0.451 e. The Balaban J connectivity index is 1.63. The molecule has 27 heavy (non-hydrogen) atoms. The van der Waals surface area contributed by atoms with Gasteiger partial charge in [0.1, 0.15) is 5.58 Å². The number of piperidine rings is 1. The number of hydrogen-bond donors (Lipinski definition) is 0. The van der Waals surface area contributed by atoms with E-state index in [4.69, 9.17) is 9.15 Å². The summed E-state index contributed by atoms with van der Waals surface area (Å²) < 4.78 is 11.9. The summed E-state index contributed by atoms with van der Waals surface area (Å²) in [6, 6.07) is 7.86. The summed E-state index contributed by atoms with van der Waals surface area (Å²) in [5.41, 5.74) is 1.89. The van der Waals surface area contributed by atoms with Gasteiger partial charge in [-0.25, -0.2) is 0 Å². The molecule has 1 amide bonds. The minimum atomic E-state index is 0.0159. The van der Waals surface area contributed by atoms with E-state index in [0.717, 1.165) is 48.9 Å². The lowest BCUT2D eigenvalue weighted by Crippen LogP contribution is -2.46. The summed E-state index contributed by atoms with van der Waals surface area (Å²) >= 11 is 0. The molecule has 4 heteroatoms. The summed E-state index contributed by atoms with van der Waals surface area (Å²) in [7, 11) is 0. The van der Waals surface area contributed by atoms with Crippen LogP contribution in [-0.2, 0) is 11.3 Å². The quantitative estimate of drug-likeness (QED) is 0.687. The van der Waals surface area contributed by atoms with Crippen LogP contribution >= 0.6 is 0 Å². The Morgan fingerprint density at radius 2 is 2.11 bits per heavy atom. The van der Waals surface area contributed by atoms with Crippen LogP contribution in [0.5, 0.6) is 0 Å². The lowest BCUT2D eigenvalue weighted by molar-refractivity contribution is 0.0436. The fourth-order valence-corrected chi connectivity index (χ4v) is 4.50. The van der Waals surface area contributed by atoms with Crippen molar-refractivity contribution in [1.29, 1.82) is 0 Å². The van der Waals surface area contributed by atoms with Crippen LogP contribution in [0, 0.1) is 5.41 Å². The first kappa shape index (κ1) is 18.3. The molecule has 1 spiro atoms. The molecule has 1 saturated heterocycles. The smallest absolute Gasteiger partial charge is 0.290 e. The fraction of sp³-hybridized carbons (Fsp3) is 0.522. The Morgan fingerprint density at radius 1 is 1.26 bits per heavy atom. The number of rotatable bonds is 4. The van der Waals surface area contributed by atoms with Gasteiger partial charge in [-0.05, 0) is 57.4 Å². The molecule has 1 aliphatic heterocycles. The molecule has 2 heterocycles. The van der Waals surface area contributed by atoms with Gasteiger partial charge in [0.15, 0.2) is 5.76 Å². The standard InChI is InChI=1S/C23H29NO3/c1-17(2)26-15-19-18-9-4-5-10-20(18)27-21(19)22(25)24-14-8-13-23(16-24)11-6-3-7-12-23/h3-6,9-10,17H,7-8,11-16H2,1-2H3. The second-order valence-corrected chi connectivity index (χ2v) is 8.31. The third-order valence-electron chi connectivity index (χ3n) is 5.96. The number of benzene rings is 1. The minimum absolute atomic E-state index is 0.0159. The summed E-state index contributed by atoms with van der Waals surface area (Å²) in [5, 5.41) is 0.980. The number of fused-ring (bicyclic) bond motifs is 1. The first-order valence-corrected chi connectivity index (χ1v) is 10.1. The highest BCUT2D eigenvalue weighted by atomic mass is 16.5. The number of likely N-dealkylation sites (tertiary alicyclic amines) is 1. The van der Waals surface area contributed by atoms with Crippen molar-refractivity contribution in [3.8, 4) is 0 Å². The Hall–Kier alpha value is -2.07. The molecule has 1 fully saturated rings. The van der Waals surface area contributed by atoms with Gasteiger partial charge in [0.25, 0.3) is 5.91 Å². The number of nitrogens with zero attached hydrogens (tertiary/aromatic N) is 1. The van der Waals surface area contributed by atoms with Crippen molar-refractivity contribution < 1.29 is 13.9 Å². The van der Waals surface area contributed by atoms with E-state index >= 15 is 0 Å². The third kappa shape index (κ3) is 3.68. The van der Waals surface area contributed by atoms with E-state index < -0.39 is 0 Å². The highest BCUT2D eigenvalue weighted by Crippen LogP contribution is 2.41. The molecule has 144 valence electrons. The first-order valence-electron chi connectivity index (χ1n) is 10.1. The molecule has 2 aliphatic rings. The second-order valence-electron chi connectivity index (χ2n) is 8.31. The van der Waals surface area contributed by atoms with Crippen LogP contribution < -0.4 is 0 Å². The Bertz CT molecular complexity index is 850. The maximum Gasteiger partial charge on any atom is 0.290 e. The van der Waals surface area contributed by atoms with Crippen LogP contribution in [0.4, 0.5) is 0 Å². The van der Waals surface area contributed by atoms with Gasteiger partial charge in [-0.1, -0.05) is 30.4 Å². The third-order valence-corrected chi connectivity index (χ3v) is 5.96. The summed E-state index contributed by atoms with van der Waals surface area (Å²) in [5.74, 6) is 0.474. The van der Waals surface area contributed by atoms with Crippen molar-refractivity contribution in [2.24, 2.45) is 5.41 Å². The van der Waals surface area contributed by atoms with E-state index in [9.17, 15) is 4.79 Å². The lowest BCUT2D eigenvalue weighted by Gasteiger charge is -2.43. The highest BCUT2D eigenvalue weighted by Gasteiger charge is 2.38. The number of furan rings is 1. The van der Waals surface area contributed by atoms with Gasteiger partial charge < -0.3 is 14.1 Å².